The molecule has 4 N–H and O–H groups in total. The van der Waals surface area contributed by atoms with Crippen LogP contribution in [0, 0.1) is 11.3 Å². The summed E-state index contributed by atoms with van der Waals surface area (Å²) in [6.07, 6.45) is 3.16. The topological polar surface area (TPSA) is 58.3 Å². The van der Waals surface area contributed by atoms with Gasteiger partial charge >= 0.3 is 0 Å². The lowest BCUT2D eigenvalue weighted by molar-refractivity contribution is 0.204. The smallest absolute Gasteiger partial charge is 0.0445 e. The van der Waals surface area contributed by atoms with Crippen LogP contribution in [0.1, 0.15) is 47.0 Å². The molecule has 3 heteroatoms. The van der Waals surface area contributed by atoms with E-state index >= 15 is 0 Å². The van der Waals surface area contributed by atoms with Crippen molar-refractivity contribution in [2.45, 2.75) is 58.5 Å². The second-order valence-corrected chi connectivity index (χ2v) is 6.36. The molecule has 0 bridgehead atoms. The summed E-state index contributed by atoms with van der Waals surface area (Å²) in [7, 11) is 0. The Morgan fingerprint density at radius 2 is 2.12 bits per heavy atom. The average Bonchev–Trinajstić information content (AvgIpc) is 2.37. The zero-order valence-corrected chi connectivity index (χ0v) is 11.2. The van der Waals surface area contributed by atoms with E-state index in [2.05, 4.69) is 33.0 Å². The predicted molar refractivity (Wildman–Crippen MR) is 68.3 cm³/mol. The Balaban J connectivity index is 2.71. The quantitative estimate of drug-likeness (QED) is 0.668. The highest BCUT2D eigenvalue weighted by atomic mass is 16.3. The summed E-state index contributed by atoms with van der Waals surface area (Å²) in [5.41, 5.74) is 6.45. The number of nitrogens with two attached hydrogens (primary N) is 1. The second kappa shape index (κ2) is 5.03. The summed E-state index contributed by atoms with van der Waals surface area (Å²) in [5.74, 6) is 0.605. The summed E-state index contributed by atoms with van der Waals surface area (Å²) in [6.45, 7) is 9.99. The molecule has 0 amide bonds. The van der Waals surface area contributed by atoms with E-state index in [0.29, 0.717) is 23.9 Å². The highest BCUT2D eigenvalue weighted by molar-refractivity contribution is 5.05. The van der Waals surface area contributed by atoms with Gasteiger partial charge in [0.25, 0.3) is 0 Å². The van der Waals surface area contributed by atoms with E-state index in [1.807, 2.05) is 0 Å². The Morgan fingerprint density at radius 3 is 2.50 bits per heavy atom. The summed E-state index contributed by atoms with van der Waals surface area (Å²) in [6, 6.07) is 0.338. The first-order valence-electron chi connectivity index (χ1n) is 6.44. The molecule has 0 heterocycles. The van der Waals surface area contributed by atoms with Crippen LogP contribution in [-0.4, -0.2) is 29.8 Å². The third-order valence-electron chi connectivity index (χ3n) is 4.06. The van der Waals surface area contributed by atoms with Crippen molar-refractivity contribution >= 4 is 0 Å². The molecule has 16 heavy (non-hydrogen) atoms. The highest BCUT2D eigenvalue weighted by Crippen LogP contribution is 2.47. The third-order valence-corrected chi connectivity index (χ3v) is 4.06. The van der Waals surface area contributed by atoms with Crippen molar-refractivity contribution in [3.8, 4) is 0 Å². The third kappa shape index (κ3) is 2.96. The van der Waals surface area contributed by atoms with Crippen molar-refractivity contribution in [1.29, 1.82) is 0 Å². The Kier molecular flexibility index (Phi) is 4.38. The maximum Gasteiger partial charge on any atom is 0.0445 e. The molecule has 96 valence electrons. The van der Waals surface area contributed by atoms with Crippen LogP contribution in [0.3, 0.4) is 0 Å². The van der Waals surface area contributed by atoms with Crippen molar-refractivity contribution < 1.29 is 5.11 Å². The number of aliphatic hydroxyl groups excluding tert-OH is 1. The zero-order valence-electron chi connectivity index (χ0n) is 11.2. The van der Waals surface area contributed by atoms with Crippen molar-refractivity contribution in [1.82, 2.24) is 5.32 Å². The lowest BCUT2D eigenvalue weighted by atomic mass is 9.85. The van der Waals surface area contributed by atoms with Crippen molar-refractivity contribution in [2.24, 2.45) is 17.1 Å². The van der Waals surface area contributed by atoms with Gasteiger partial charge in [0.05, 0.1) is 0 Å². The molecule has 0 aliphatic heterocycles. The first kappa shape index (κ1) is 13.9. The molecule has 1 saturated carbocycles. The first-order valence-corrected chi connectivity index (χ1v) is 6.44. The number of hydrogen-bond donors (Lipinski definition) is 3. The van der Waals surface area contributed by atoms with E-state index in [1.165, 1.54) is 6.42 Å². The molecule has 0 aromatic carbocycles. The Morgan fingerprint density at radius 1 is 1.50 bits per heavy atom. The molecule has 0 radical (unpaired) electrons. The molecule has 0 saturated heterocycles. The molecule has 1 aliphatic rings. The van der Waals surface area contributed by atoms with E-state index in [4.69, 9.17) is 10.8 Å². The molecule has 3 atom stereocenters. The number of nitrogens with one attached hydrogen (secondary N) is 1. The van der Waals surface area contributed by atoms with E-state index in [1.54, 1.807) is 0 Å². The van der Waals surface area contributed by atoms with Crippen LogP contribution in [-0.2, 0) is 0 Å². The molecule has 3 nitrogen and oxygen atoms in total. The Bertz CT molecular complexity index is 230. The fourth-order valence-electron chi connectivity index (χ4n) is 3.41. The summed E-state index contributed by atoms with van der Waals surface area (Å²) >= 11 is 0. The highest BCUT2D eigenvalue weighted by Gasteiger charge is 2.47. The molecule has 1 aliphatic carbocycles. The Labute approximate surface area is 99.8 Å². The van der Waals surface area contributed by atoms with Crippen LogP contribution in [0.4, 0.5) is 0 Å². The normalized spacial score (nSPS) is 35.2. The zero-order chi connectivity index (χ0) is 12.4. The minimum Gasteiger partial charge on any atom is -0.396 e. The van der Waals surface area contributed by atoms with Crippen molar-refractivity contribution in [3.05, 3.63) is 0 Å². The second-order valence-electron chi connectivity index (χ2n) is 6.36. The predicted octanol–water partition coefficient (Wildman–Crippen LogP) is 1.50. The molecule has 0 aromatic heterocycles. The first-order chi connectivity index (χ1) is 7.35. The molecular formula is C13H28N2O. The van der Waals surface area contributed by atoms with Gasteiger partial charge in [0.2, 0.25) is 0 Å². The molecule has 1 rings (SSSR count). The van der Waals surface area contributed by atoms with Crippen LogP contribution in [0.15, 0.2) is 0 Å². The minimum atomic E-state index is 0.0675. The number of rotatable bonds is 5. The summed E-state index contributed by atoms with van der Waals surface area (Å²) in [5, 5.41) is 12.6. The van der Waals surface area contributed by atoms with Gasteiger partial charge in [-0.2, -0.15) is 0 Å². The van der Waals surface area contributed by atoms with E-state index in [9.17, 15) is 0 Å². The fraction of sp³-hybridized carbons (Fsp3) is 1.00. The van der Waals surface area contributed by atoms with Gasteiger partial charge in [0.1, 0.15) is 0 Å². The lowest BCUT2D eigenvalue weighted by Crippen LogP contribution is -2.56. The monoisotopic (exact) mass is 228 g/mol. The largest absolute Gasteiger partial charge is 0.396 e. The average molecular weight is 228 g/mol. The van der Waals surface area contributed by atoms with Crippen LogP contribution in [0.25, 0.3) is 0 Å². The summed E-state index contributed by atoms with van der Waals surface area (Å²) < 4.78 is 0. The van der Waals surface area contributed by atoms with Crippen LogP contribution in [0.5, 0.6) is 0 Å². The van der Waals surface area contributed by atoms with Crippen LogP contribution in [0.2, 0.25) is 0 Å². The van der Waals surface area contributed by atoms with E-state index in [0.717, 1.165) is 12.8 Å². The van der Waals surface area contributed by atoms with Gasteiger partial charge < -0.3 is 16.2 Å². The lowest BCUT2D eigenvalue weighted by Gasteiger charge is -2.37. The van der Waals surface area contributed by atoms with Gasteiger partial charge in [-0.3, -0.25) is 0 Å². The summed E-state index contributed by atoms with van der Waals surface area (Å²) in [4.78, 5) is 0. The van der Waals surface area contributed by atoms with Gasteiger partial charge in [0, 0.05) is 24.7 Å². The van der Waals surface area contributed by atoms with Crippen LogP contribution >= 0.6 is 0 Å². The maximum atomic E-state index is 8.96. The SMILES string of the molecule is CC(CCO)NC1(CN)CC(C)(C)CC1C. The van der Waals surface area contributed by atoms with E-state index < -0.39 is 0 Å². The van der Waals surface area contributed by atoms with Gasteiger partial charge in [-0.05, 0) is 37.5 Å². The molecule has 3 unspecified atom stereocenters. The van der Waals surface area contributed by atoms with Gasteiger partial charge in [0.15, 0.2) is 0 Å². The fourth-order valence-corrected chi connectivity index (χ4v) is 3.41. The molecule has 0 aromatic rings. The number of hydrogen-bond acceptors (Lipinski definition) is 3. The van der Waals surface area contributed by atoms with Crippen LogP contribution < -0.4 is 11.1 Å². The van der Waals surface area contributed by atoms with Crippen molar-refractivity contribution in [2.75, 3.05) is 13.2 Å². The molecular weight excluding hydrogens is 200 g/mol. The minimum absolute atomic E-state index is 0.0675. The van der Waals surface area contributed by atoms with Crippen molar-refractivity contribution in [3.63, 3.8) is 0 Å². The van der Waals surface area contributed by atoms with Gasteiger partial charge in [-0.1, -0.05) is 20.8 Å². The van der Waals surface area contributed by atoms with E-state index in [-0.39, 0.29) is 12.1 Å². The van der Waals surface area contributed by atoms with Gasteiger partial charge in [-0.15, -0.1) is 0 Å². The maximum absolute atomic E-state index is 8.96. The standard InChI is InChI=1S/C13H28N2O/c1-10-7-12(3,4)8-13(10,9-14)15-11(2)5-6-16/h10-11,15-16H,5-9,14H2,1-4H3. The molecule has 0 spiro atoms. The Hall–Kier alpha value is -0.120. The number of aliphatic hydroxyl groups is 1. The molecule has 1 fully saturated rings. The van der Waals surface area contributed by atoms with Gasteiger partial charge in [-0.25, -0.2) is 0 Å².